The van der Waals surface area contributed by atoms with Crippen molar-refractivity contribution >= 4 is 19.7 Å². The minimum absolute atomic E-state index is 0.284. The summed E-state index contributed by atoms with van der Waals surface area (Å²) >= 11 is 0. The molecule has 1 amide bonds. The molecule has 1 aromatic rings. The van der Waals surface area contributed by atoms with Crippen LogP contribution in [0.4, 0.5) is 18.9 Å². The fourth-order valence-corrected chi connectivity index (χ4v) is 1.95. The Balaban J connectivity index is 3.56. The van der Waals surface area contributed by atoms with Crippen LogP contribution in [0.25, 0.3) is 0 Å². The average Bonchev–Trinajstić information content (AvgIpc) is 2.30. The molecule has 6 heteroatoms. The van der Waals surface area contributed by atoms with Crippen molar-refractivity contribution in [2.24, 2.45) is 0 Å². The van der Waals surface area contributed by atoms with Crippen LogP contribution in [-0.4, -0.2) is 14.0 Å². The van der Waals surface area contributed by atoms with E-state index >= 15 is 0 Å². The van der Waals surface area contributed by atoms with E-state index in [1.807, 2.05) is 19.6 Å². The van der Waals surface area contributed by atoms with E-state index in [-0.39, 0.29) is 11.3 Å². The van der Waals surface area contributed by atoms with Gasteiger partial charge in [-0.1, -0.05) is 25.6 Å². The topological polar surface area (TPSA) is 29.1 Å². The molecule has 1 N–H and O–H groups in total. The molecule has 20 heavy (non-hydrogen) atoms. The molecular formula is C14H16F3NOSi. The smallest absolute Gasteiger partial charge is 0.221 e. The zero-order valence-electron chi connectivity index (χ0n) is 12.0. The number of rotatable bonds is 1. The Labute approximate surface area is 117 Å². The first-order chi connectivity index (χ1) is 9.04. The van der Waals surface area contributed by atoms with Crippen LogP contribution in [0.2, 0.25) is 19.6 Å². The predicted octanol–water partition coefficient (Wildman–Crippen LogP) is 3.60. The number of carbonyl (C=O) groups excluding carboxylic acids is 1. The second-order valence-electron chi connectivity index (χ2n) is 5.50. The Hall–Kier alpha value is -1.74. The van der Waals surface area contributed by atoms with Crippen LogP contribution in [0.15, 0.2) is 0 Å². The van der Waals surface area contributed by atoms with Crippen molar-refractivity contribution in [3.05, 3.63) is 28.6 Å². The Morgan fingerprint density at radius 2 is 1.65 bits per heavy atom. The highest BCUT2D eigenvalue weighted by molar-refractivity contribution is 6.83. The molecule has 0 fully saturated rings. The molecule has 2 nitrogen and oxygen atoms in total. The maximum atomic E-state index is 14.2. The highest BCUT2D eigenvalue weighted by Crippen LogP contribution is 2.28. The van der Waals surface area contributed by atoms with Crippen molar-refractivity contribution in [1.82, 2.24) is 0 Å². The first-order valence-corrected chi connectivity index (χ1v) is 9.52. The summed E-state index contributed by atoms with van der Waals surface area (Å²) in [6.45, 7) is 8.05. The van der Waals surface area contributed by atoms with Gasteiger partial charge in [-0.15, -0.1) is 5.54 Å². The van der Waals surface area contributed by atoms with Gasteiger partial charge in [0, 0.05) is 12.5 Å². The van der Waals surface area contributed by atoms with E-state index < -0.39 is 37.0 Å². The van der Waals surface area contributed by atoms with Gasteiger partial charge in [-0.25, -0.2) is 13.2 Å². The molecule has 1 rings (SSSR count). The monoisotopic (exact) mass is 299 g/mol. The lowest BCUT2D eigenvalue weighted by Gasteiger charge is -2.12. The standard InChI is InChI=1S/C14H16F3NOSi/c1-8-11(15)12(16)10(6-7-20(3,4)5)13(17)14(8)18-9(2)19/h1-5H3,(H,18,19). The first-order valence-electron chi connectivity index (χ1n) is 6.02. The van der Waals surface area contributed by atoms with Gasteiger partial charge in [-0.2, -0.15) is 0 Å². The number of benzene rings is 1. The molecule has 0 unspecified atom stereocenters. The van der Waals surface area contributed by atoms with Gasteiger partial charge in [0.05, 0.1) is 5.69 Å². The van der Waals surface area contributed by atoms with Crippen molar-refractivity contribution in [3.63, 3.8) is 0 Å². The van der Waals surface area contributed by atoms with Crippen molar-refractivity contribution in [3.8, 4) is 11.5 Å². The molecule has 1 aromatic carbocycles. The predicted molar refractivity (Wildman–Crippen MR) is 75.6 cm³/mol. The summed E-state index contributed by atoms with van der Waals surface area (Å²) in [7, 11) is -1.87. The molecule has 0 bridgehead atoms. The van der Waals surface area contributed by atoms with Crippen LogP contribution in [0, 0.1) is 35.8 Å². The van der Waals surface area contributed by atoms with Crippen molar-refractivity contribution in [2.45, 2.75) is 33.5 Å². The molecule has 0 aliphatic heterocycles. The average molecular weight is 299 g/mol. The lowest BCUT2D eigenvalue weighted by molar-refractivity contribution is -0.114. The van der Waals surface area contributed by atoms with Gasteiger partial charge in [0.15, 0.2) is 17.5 Å². The second kappa shape index (κ2) is 5.71. The summed E-state index contributed by atoms with van der Waals surface area (Å²) in [5.74, 6) is -1.75. The quantitative estimate of drug-likeness (QED) is 0.479. The zero-order chi connectivity index (χ0) is 15.7. The van der Waals surface area contributed by atoms with Gasteiger partial charge in [0.1, 0.15) is 13.6 Å². The minimum atomic E-state index is -1.87. The van der Waals surface area contributed by atoms with Gasteiger partial charge >= 0.3 is 0 Å². The van der Waals surface area contributed by atoms with Crippen LogP contribution >= 0.6 is 0 Å². The summed E-state index contributed by atoms with van der Waals surface area (Å²) in [4.78, 5) is 11.0. The third-order valence-electron chi connectivity index (χ3n) is 2.42. The van der Waals surface area contributed by atoms with E-state index in [1.165, 1.54) is 6.92 Å². The zero-order valence-corrected chi connectivity index (χ0v) is 13.0. The SMILES string of the molecule is CC(=O)Nc1c(C)c(F)c(F)c(C#C[Si](C)(C)C)c1F. The lowest BCUT2D eigenvalue weighted by Crippen LogP contribution is -2.17. The van der Waals surface area contributed by atoms with E-state index in [1.54, 1.807) is 0 Å². The molecule has 0 aliphatic carbocycles. The minimum Gasteiger partial charge on any atom is -0.323 e. The maximum absolute atomic E-state index is 14.2. The van der Waals surface area contributed by atoms with Crippen molar-refractivity contribution in [2.75, 3.05) is 5.32 Å². The molecule has 0 radical (unpaired) electrons. The lowest BCUT2D eigenvalue weighted by atomic mass is 10.1. The normalized spacial score (nSPS) is 10.8. The van der Waals surface area contributed by atoms with Gasteiger partial charge in [0.25, 0.3) is 0 Å². The highest BCUT2D eigenvalue weighted by Gasteiger charge is 2.22. The largest absolute Gasteiger partial charge is 0.323 e. The molecule has 108 valence electrons. The molecule has 0 saturated carbocycles. The Morgan fingerprint density at radius 1 is 1.10 bits per heavy atom. The summed E-state index contributed by atoms with van der Waals surface area (Å²) in [6.07, 6.45) is 0. The molecule has 0 spiro atoms. The maximum Gasteiger partial charge on any atom is 0.221 e. The van der Waals surface area contributed by atoms with E-state index in [9.17, 15) is 18.0 Å². The number of halogens is 3. The van der Waals surface area contributed by atoms with Crippen molar-refractivity contribution in [1.29, 1.82) is 0 Å². The van der Waals surface area contributed by atoms with E-state index in [2.05, 4.69) is 16.8 Å². The molecular weight excluding hydrogens is 283 g/mol. The van der Waals surface area contributed by atoms with Crippen LogP contribution in [0.3, 0.4) is 0 Å². The Morgan fingerprint density at radius 3 is 2.10 bits per heavy atom. The van der Waals surface area contributed by atoms with Gasteiger partial charge in [-0.05, 0) is 6.92 Å². The van der Waals surface area contributed by atoms with E-state index in [4.69, 9.17) is 0 Å². The van der Waals surface area contributed by atoms with Crippen LogP contribution < -0.4 is 5.32 Å². The number of nitrogens with one attached hydrogen (secondary N) is 1. The summed E-state index contributed by atoms with van der Waals surface area (Å²) in [6, 6.07) is 0. The van der Waals surface area contributed by atoms with Crippen LogP contribution in [0.1, 0.15) is 18.1 Å². The van der Waals surface area contributed by atoms with Crippen LogP contribution in [0.5, 0.6) is 0 Å². The van der Waals surface area contributed by atoms with Gasteiger partial charge in [-0.3, -0.25) is 4.79 Å². The van der Waals surface area contributed by atoms with Crippen molar-refractivity contribution < 1.29 is 18.0 Å². The third kappa shape index (κ3) is 3.64. The first kappa shape index (κ1) is 16.3. The molecule has 0 atom stereocenters. The Kier molecular flexibility index (Phi) is 4.66. The number of hydrogen-bond donors (Lipinski definition) is 1. The van der Waals surface area contributed by atoms with E-state index in [0.29, 0.717) is 0 Å². The Bertz CT molecular complexity index is 624. The summed E-state index contributed by atoms with van der Waals surface area (Å²) < 4.78 is 41.8. The van der Waals surface area contributed by atoms with E-state index in [0.717, 1.165) is 6.92 Å². The summed E-state index contributed by atoms with van der Waals surface area (Å²) in [5.41, 5.74) is 1.49. The molecule has 0 aliphatic rings. The van der Waals surface area contributed by atoms with Gasteiger partial charge in [0.2, 0.25) is 5.91 Å². The molecule has 0 saturated heterocycles. The number of hydrogen-bond acceptors (Lipinski definition) is 1. The fraction of sp³-hybridized carbons (Fsp3) is 0.357. The number of anilines is 1. The second-order valence-corrected chi connectivity index (χ2v) is 10.2. The highest BCUT2D eigenvalue weighted by atomic mass is 28.3. The number of amides is 1. The van der Waals surface area contributed by atoms with Crippen LogP contribution in [-0.2, 0) is 4.79 Å². The number of carbonyl (C=O) groups is 1. The van der Waals surface area contributed by atoms with Gasteiger partial charge < -0.3 is 5.32 Å². The molecule has 0 aromatic heterocycles. The molecule has 0 heterocycles. The summed E-state index contributed by atoms with van der Waals surface area (Å²) in [5, 5.41) is 2.17. The third-order valence-corrected chi connectivity index (χ3v) is 3.29. The fourth-order valence-electron chi connectivity index (χ4n) is 1.45.